The van der Waals surface area contributed by atoms with Crippen LogP contribution in [0.4, 0.5) is 0 Å². The van der Waals surface area contributed by atoms with E-state index in [9.17, 15) is 9.90 Å². The number of hydrogen-bond donors (Lipinski definition) is 1. The lowest BCUT2D eigenvalue weighted by atomic mass is 9.45. The third-order valence-corrected chi connectivity index (χ3v) is 7.98. The van der Waals surface area contributed by atoms with E-state index < -0.39 is 11.4 Å². The Labute approximate surface area is 141 Å². The van der Waals surface area contributed by atoms with Crippen molar-refractivity contribution in [2.45, 2.75) is 79.1 Å². The van der Waals surface area contributed by atoms with Crippen LogP contribution in [-0.4, -0.2) is 11.1 Å². The molecule has 3 aliphatic rings. The molecule has 2 fully saturated rings. The van der Waals surface area contributed by atoms with Crippen molar-refractivity contribution in [3.05, 3.63) is 11.6 Å². The lowest BCUT2D eigenvalue weighted by molar-refractivity contribution is -0.166. The molecule has 2 saturated carbocycles. The van der Waals surface area contributed by atoms with Crippen LogP contribution in [0, 0.1) is 34.5 Å². The van der Waals surface area contributed by atoms with Gasteiger partial charge >= 0.3 is 5.97 Å². The van der Waals surface area contributed by atoms with Crippen molar-refractivity contribution in [2.75, 3.05) is 0 Å². The van der Waals surface area contributed by atoms with Crippen LogP contribution >= 0.6 is 0 Å². The van der Waals surface area contributed by atoms with Gasteiger partial charge in [0.1, 0.15) is 0 Å². The number of aliphatic carboxylic acids is 1. The predicted molar refractivity (Wildman–Crippen MR) is 94.2 cm³/mol. The standard InChI is InChI=1S/C21H34O2/c1-5-21(19(22)23)12-6-11-20(4)17-9-7-15(14(2)3)13-16(17)8-10-18(20)21/h8,14-15,17-18H,5-7,9-13H2,1-4H3,(H,22,23)/t15?,17-,18?,20+,21+/m0/s1. The maximum Gasteiger partial charge on any atom is 0.309 e. The van der Waals surface area contributed by atoms with E-state index in [0.29, 0.717) is 11.8 Å². The van der Waals surface area contributed by atoms with E-state index in [4.69, 9.17) is 0 Å². The summed E-state index contributed by atoms with van der Waals surface area (Å²) in [6.45, 7) is 9.23. The molecule has 23 heavy (non-hydrogen) atoms. The minimum Gasteiger partial charge on any atom is -0.481 e. The van der Waals surface area contributed by atoms with E-state index >= 15 is 0 Å². The molecular weight excluding hydrogens is 284 g/mol. The fourth-order valence-electron chi connectivity index (χ4n) is 6.44. The predicted octanol–water partition coefficient (Wildman–Crippen LogP) is 5.68. The number of hydrogen-bond acceptors (Lipinski definition) is 1. The number of carboxylic acid groups (broad SMARTS) is 1. The smallest absolute Gasteiger partial charge is 0.309 e. The minimum absolute atomic E-state index is 0.207. The van der Waals surface area contributed by atoms with Crippen molar-refractivity contribution in [2.24, 2.45) is 34.5 Å². The molecule has 2 heteroatoms. The summed E-state index contributed by atoms with van der Waals surface area (Å²) in [7, 11) is 0. The van der Waals surface area contributed by atoms with Gasteiger partial charge in [0.05, 0.1) is 5.41 Å². The van der Waals surface area contributed by atoms with Gasteiger partial charge in [0.2, 0.25) is 0 Å². The molecular formula is C21H34O2. The fraction of sp³-hybridized carbons (Fsp3) is 0.857. The summed E-state index contributed by atoms with van der Waals surface area (Å²) in [5, 5.41) is 10.0. The van der Waals surface area contributed by atoms with Crippen LogP contribution in [0.5, 0.6) is 0 Å². The first kappa shape index (κ1) is 17.0. The van der Waals surface area contributed by atoms with Crippen LogP contribution in [-0.2, 0) is 4.79 Å². The van der Waals surface area contributed by atoms with Gasteiger partial charge in [-0.05, 0) is 74.0 Å². The van der Waals surface area contributed by atoms with Gasteiger partial charge in [0.15, 0.2) is 0 Å². The lowest BCUT2D eigenvalue weighted by Crippen LogP contribution is -2.54. The number of rotatable bonds is 3. The van der Waals surface area contributed by atoms with E-state index in [1.165, 1.54) is 25.7 Å². The minimum atomic E-state index is -0.538. The molecule has 0 aliphatic heterocycles. The third-order valence-electron chi connectivity index (χ3n) is 7.98. The zero-order chi connectivity index (χ0) is 16.8. The van der Waals surface area contributed by atoms with Crippen molar-refractivity contribution in [1.82, 2.24) is 0 Å². The molecule has 0 aromatic heterocycles. The Balaban J connectivity index is 1.95. The molecule has 1 N–H and O–H groups in total. The second kappa shape index (κ2) is 5.93. The molecule has 2 nitrogen and oxygen atoms in total. The fourth-order valence-corrected chi connectivity index (χ4v) is 6.44. The second-order valence-electron chi connectivity index (χ2n) is 9.08. The van der Waals surface area contributed by atoms with Gasteiger partial charge in [-0.15, -0.1) is 0 Å². The third kappa shape index (κ3) is 2.48. The molecule has 0 aromatic rings. The molecule has 3 aliphatic carbocycles. The Morgan fingerprint density at radius 2 is 2.09 bits per heavy atom. The largest absolute Gasteiger partial charge is 0.481 e. The Bertz CT molecular complexity index is 506. The normalized spacial score (nSPS) is 43.5. The summed E-state index contributed by atoms with van der Waals surface area (Å²) in [6, 6.07) is 0. The molecule has 2 unspecified atom stereocenters. The first-order valence-electron chi connectivity index (χ1n) is 9.77. The van der Waals surface area contributed by atoms with E-state index in [-0.39, 0.29) is 5.41 Å². The number of allylic oxidation sites excluding steroid dienone is 2. The molecule has 0 spiro atoms. The summed E-state index contributed by atoms with van der Waals surface area (Å²) in [6.07, 6.45) is 11.3. The van der Waals surface area contributed by atoms with Gasteiger partial charge in [-0.2, -0.15) is 0 Å². The SMILES string of the molecule is CC[C@@]1(C(=O)O)CCC[C@@]2(C)C1CC=C1CC(C(C)C)CC[C@@H]12. The van der Waals surface area contributed by atoms with Gasteiger partial charge in [-0.25, -0.2) is 0 Å². The number of carboxylic acids is 1. The molecule has 0 aromatic carbocycles. The van der Waals surface area contributed by atoms with Gasteiger partial charge in [-0.1, -0.05) is 45.8 Å². The molecule has 3 rings (SSSR count). The molecule has 0 bridgehead atoms. The monoisotopic (exact) mass is 318 g/mol. The van der Waals surface area contributed by atoms with Crippen LogP contribution < -0.4 is 0 Å². The van der Waals surface area contributed by atoms with E-state index in [2.05, 4.69) is 33.8 Å². The van der Waals surface area contributed by atoms with E-state index in [1.54, 1.807) is 5.57 Å². The van der Waals surface area contributed by atoms with Gasteiger partial charge < -0.3 is 5.11 Å². The first-order chi connectivity index (χ1) is 10.8. The maximum absolute atomic E-state index is 12.2. The Morgan fingerprint density at radius 3 is 2.70 bits per heavy atom. The highest BCUT2D eigenvalue weighted by molar-refractivity contribution is 5.75. The van der Waals surface area contributed by atoms with Crippen molar-refractivity contribution in [3.63, 3.8) is 0 Å². The van der Waals surface area contributed by atoms with Crippen LogP contribution in [0.15, 0.2) is 11.6 Å². The van der Waals surface area contributed by atoms with Crippen molar-refractivity contribution < 1.29 is 9.90 Å². The molecule has 0 saturated heterocycles. The molecule has 5 atom stereocenters. The van der Waals surface area contributed by atoms with Crippen LogP contribution in [0.1, 0.15) is 79.1 Å². The molecule has 130 valence electrons. The van der Waals surface area contributed by atoms with Gasteiger partial charge in [0.25, 0.3) is 0 Å². The average Bonchev–Trinajstić information content (AvgIpc) is 2.52. The summed E-state index contributed by atoms with van der Waals surface area (Å²) < 4.78 is 0. The highest BCUT2D eigenvalue weighted by atomic mass is 16.4. The highest BCUT2D eigenvalue weighted by Gasteiger charge is 2.58. The van der Waals surface area contributed by atoms with Crippen LogP contribution in [0.2, 0.25) is 0 Å². The molecule has 0 radical (unpaired) electrons. The summed E-state index contributed by atoms with van der Waals surface area (Å²) in [5.74, 6) is 2.03. The Kier molecular flexibility index (Phi) is 4.40. The van der Waals surface area contributed by atoms with Crippen molar-refractivity contribution >= 4 is 5.97 Å². The van der Waals surface area contributed by atoms with Gasteiger partial charge in [-0.3, -0.25) is 4.79 Å². The number of carbonyl (C=O) groups is 1. The quantitative estimate of drug-likeness (QED) is 0.680. The first-order valence-corrected chi connectivity index (χ1v) is 9.77. The van der Waals surface area contributed by atoms with E-state index in [1.807, 2.05) is 0 Å². The molecule has 0 heterocycles. The van der Waals surface area contributed by atoms with Gasteiger partial charge in [0, 0.05) is 0 Å². The number of fused-ring (bicyclic) bond motifs is 3. The van der Waals surface area contributed by atoms with E-state index in [0.717, 1.165) is 37.5 Å². The summed E-state index contributed by atoms with van der Waals surface area (Å²) in [4.78, 5) is 12.2. The zero-order valence-corrected chi connectivity index (χ0v) is 15.4. The summed E-state index contributed by atoms with van der Waals surface area (Å²) >= 11 is 0. The molecule has 0 amide bonds. The summed E-state index contributed by atoms with van der Waals surface area (Å²) in [5.41, 5.74) is 1.40. The maximum atomic E-state index is 12.2. The highest BCUT2D eigenvalue weighted by Crippen LogP contribution is 2.63. The zero-order valence-electron chi connectivity index (χ0n) is 15.4. The lowest BCUT2D eigenvalue weighted by Gasteiger charge is -2.58. The Hall–Kier alpha value is -0.790. The van der Waals surface area contributed by atoms with Crippen molar-refractivity contribution in [3.8, 4) is 0 Å². The Morgan fingerprint density at radius 1 is 1.35 bits per heavy atom. The second-order valence-corrected chi connectivity index (χ2v) is 9.08. The van der Waals surface area contributed by atoms with Crippen LogP contribution in [0.3, 0.4) is 0 Å². The topological polar surface area (TPSA) is 37.3 Å². The van der Waals surface area contributed by atoms with Crippen molar-refractivity contribution in [1.29, 1.82) is 0 Å². The van der Waals surface area contributed by atoms with Crippen LogP contribution in [0.25, 0.3) is 0 Å². The average molecular weight is 319 g/mol.